The number of ether oxygens (including phenoxy) is 3. The van der Waals surface area contributed by atoms with Gasteiger partial charge >= 0.3 is 0 Å². The van der Waals surface area contributed by atoms with Crippen LogP contribution >= 0.6 is 0 Å². The van der Waals surface area contributed by atoms with Crippen LogP contribution in [0.25, 0.3) is 0 Å². The van der Waals surface area contributed by atoms with Crippen molar-refractivity contribution >= 4 is 0 Å². The van der Waals surface area contributed by atoms with Gasteiger partial charge in [0.25, 0.3) is 0 Å². The van der Waals surface area contributed by atoms with Crippen molar-refractivity contribution in [1.82, 2.24) is 10.6 Å². The molecule has 208 valence electrons. The standard InChI is InChI=1S/C22H44N2O11/c1-3-11(9-25)23-7-5-13-15(27)17(29)19(31)21(33-13)35-22-20(32)18(30)16(28)14(34-22)6-8-24-12(4-2)10-26/h11-32H,3-10H2,1-2H3/t11?,12?,13-,14-,15-,16-,17+,18+,19-,20-,21-,22?/m1/s1. The van der Waals surface area contributed by atoms with Crippen molar-refractivity contribution in [2.24, 2.45) is 0 Å². The molecule has 0 amide bonds. The summed E-state index contributed by atoms with van der Waals surface area (Å²) in [6.45, 7) is 4.40. The molecule has 0 aromatic heterocycles. The highest BCUT2D eigenvalue weighted by Gasteiger charge is 2.49. The predicted octanol–water partition coefficient (Wildman–Crippen LogP) is -3.88. The number of nitrogens with one attached hydrogen (secondary N) is 2. The van der Waals surface area contributed by atoms with Gasteiger partial charge in [-0.3, -0.25) is 0 Å². The maximum atomic E-state index is 10.4. The molecule has 0 aromatic rings. The third-order valence-corrected chi connectivity index (χ3v) is 6.76. The Hall–Kier alpha value is -0.520. The fraction of sp³-hybridized carbons (Fsp3) is 1.00. The quantitative estimate of drug-likeness (QED) is 0.108. The van der Waals surface area contributed by atoms with Gasteiger partial charge in [-0.25, -0.2) is 0 Å². The van der Waals surface area contributed by atoms with Gasteiger partial charge < -0.3 is 65.7 Å². The van der Waals surface area contributed by atoms with E-state index in [2.05, 4.69) is 10.6 Å². The lowest BCUT2D eigenvalue weighted by Crippen LogP contribution is -2.63. The summed E-state index contributed by atoms with van der Waals surface area (Å²) in [6, 6.07) is -0.262. The molecular weight excluding hydrogens is 468 g/mol. The molecule has 0 spiro atoms. The lowest BCUT2D eigenvalue weighted by molar-refractivity contribution is -0.374. The molecular formula is C22H44N2O11. The molecule has 0 radical (unpaired) electrons. The molecule has 2 aliphatic heterocycles. The van der Waals surface area contributed by atoms with E-state index in [0.29, 0.717) is 25.9 Å². The van der Waals surface area contributed by atoms with Crippen LogP contribution in [-0.4, -0.2) is 141 Å². The highest BCUT2D eigenvalue weighted by molar-refractivity contribution is 4.93. The highest BCUT2D eigenvalue weighted by Crippen LogP contribution is 2.29. The smallest absolute Gasteiger partial charge is 0.189 e. The van der Waals surface area contributed by atoms with Gasteiger partial charge in [0.1, 0.15) is 36.6 Å². The average Bonchev–Trinajstić information content (AvgIpc) is 2.86. The van der Waals surface area contributed by atoms with Crippen LogP contribution in [0.1, 0.15) is 39.5 Å². The van der Waals surface area contributed by atoms with Crippen molar-refractivity contribution in [3.8, 4) is 0 Å². The zero-order chi connectivity index (χ0) is 26.1. The topological polar surface area (TPSA) is 214 Å². The van der Waals surface area contributed by atoms with Gasteiger partial charge in [-0.1, -0.05) is 13.8 Å². The molecule has 10 N–H and O–H groups in total. The Morgan fingerprint density at radius 2 is 1.00 bits per heavy atom. The lowest BCUT2D eigenvalue weighted by atomic mass is 9.95. The molecule has 2 heterocycles. The molecule has 12 atom stereocenters. The molecule has 2 saturated heterocycles. The Labute approximate surface area is 205 Å². The summed E-state index contributed by atoms with van der Waals surface area (Å²) in [7, 11) is 0. The van der Waals surface area contributed by atoms with Gasteiger partial charge in [0.2, 0.25) is 0 Å². The van der Waals surface area contributed by atoms with E-state index in [-0.39, 0.29) is 38.1 Å². The van der Waals surface area contributed by atoms with E-state index in [1.54, 1.807) is 0 Å². The fourth-order valence-corrected chi connectivity index (χ4v) is 4.20. The van der Waals surface area contributed by atoms with Crippen molar-refractivity contribution in [2.75, 3.05) is 26.3 Å². The van der Waals surface area contributed by atoms with Crippen LogP contribution in [0.5, 0.6) is 0 Å². The highest BCUT2D eigenvalue weighted by atomic mass is 16.8. The van der Waals surface area contributed by atoms with Crippen molar-refractivity contribution in [2.45, 2.75) is 113 Å². The largest absolute Gasteiger partial charge is 0.395 e. The number of hydrogen-bond acceptors (Lipinski definition) is 13. The summed E-state index contributed by atoms with van der Waals surface area (Å²) >= 11 is 0. The van der Waals surface area contributed by atoms with Gasteiger partial charge in [0, 0.05) is 12.1 Å². The second-order valence-electron chi connectivity index (χ2n) is 9.23. The number of rotatable bonds is 14. The molecule has 13 nitrogen and oxygen atoms in total. The molecule has 13 heteroatoms. The molecule has 2 rings (SSSR count). The fourth-order valence-electron chi connectivity index (χ4n) is 4.20. The first-order valence-electron chi connectivity index (χ1n) is 12.4. The first-order chi connectivity index (χ1) is 16.7. The van der Waals surface area contributed by atoms with Crippen LogP contribution in [0.2, 0.25) is 0 Å². The normalized spacial score (nSPS) is 39.9. The monoisotopic (exact) mass is 512 g/mol. The summed E-state index contributed by atoms with van der Waals surface area (Å²) in [5.74, 6) is 0. The molecule has 0 aliphatic carbocycles. The third-order valence-electron chi connectivity index (χ3n) is 6.76. The third kappa shape index (κ3) is 8.23. The first-order valence-corrected chi connectivity index (χ1v) is 12.4. The minimum Gasteiger partial charge on any atom is -0.395 e. The summed E-state index contributed by atoms with van der Waals surface area (Å²) in [5.41, 5.74) is 0. The molecule has 2 aliphatic rings. The Balaban J connectivity index is 1.99. The predicted molar refractivity (Wildman–Crippen MR) is 122 cm³/mol. The van der Waals surface area contributed by atoms with Gasteiger partial charge in [-0.05, 0) is 38.8 Å². The minimum atomic E-state index is -1.66. The lowest BCUT2D eigenvalue weighted by Gasteiger charge is -2.45. The Bertz CT molecular complexity index is 536. The van der Waals surface area contributed by atoms with Gasteiger partial charge in [0.05, 0.1) is 25.4 Å². The van der Waals surface area contributed by atoms with Gasteiger partial charge in [-0.15, -0.1) is 0 Å². The van der Waals surface area contributed by atoms with Gasteiger partial charge in [0.15, 0.2) is 12.6 Å². The number of aliphatic hydroxyl groups excluding tert-OH is 8. The summed E-state index contributed by atoms with van der Waals surface area (Å²) in [5, 5.41) is 86.8. The van der Waals surface area contributed by atoms with Crippen LogP contribution in [0.4, 0.5) is 0 Å². The Morgan fingerprint density at radius 3 is 1.31 bits per heavy atom. The molecule has 0 saturated carbocycles. The maximum Gasteiger partial charge on any atom is 0.189 e. The Kier molecular flexibility index (Phi) is 13.2. The van der Waals surface area contributed by atoms with E-state index < -0.39 is 61.4 Å². The van der Waals surface area contributed by atoms with Crippen LogP contribution in [0, 0.1) is 0 Å². The maximum absolute atomic E-state index is 10.4. The van der Waals surface area contributed by atoms with E-state index in [1.165, 1.54) is 0 Å². The molecule has 2 fully saturated rings. The van der Waals surface area contributed by atoms with Crippen LogP contribution in [-0.2, 0) is 14.2 Å². The van der Waals surface area contributed by atoms with Crippen molar-refractivity contribution in [3.63, 3.8) is 0 Å². The molecule has 35 heavy (non-hydrogen) atoms. The first kappa shape index (κ1) is 30.7. The summed E-state index contributed by atoms with van der Waals surface area (Å²) < 4.78 is 16.9. The zero-order valence-electron chi connectivity index (χ0n) is 20.4. The molecule has 3 unspecified atom stereocenters. The van der Waals surface area contributed by atoms with E-state index >= 15 is 0 Å². The zero-order valence-corrected chi connectivity index (χ0v) is 20.4. The van der Waals surface area contributed by atoms with Crippen LogP contribution in [0.15, 0.2) is 0 Å². The average molecular weight is 513 g/mol. The second-order valence-corrected chi connectivity index (χ2v) is 9.23. The van der Waals surface area contributed by atoms with Crippen molar-refractivity contribution < 1.29 is 55.1 Å². The van der Waals surface area contributed by atoms with E-state index in [0.717, 1.165) is 0 Å². The minimum absolute atomic E-state index is 0.0570. The SMILES string of the molecule is CCC(CO)NCC[C@H]1O[C@H](OC2O[C@H](CCNC(CC)CO)[C@@H](O)[C@H](O)[C@H]2O)[C@H](O)[C@@H](O)[C@@H]1O. The van der Waals surface area contributed by atoms with E-state index in [9.17, 15) is 40.9 Å². The number of aliphatic hydroxyl groups is 8. The van der Waals surface area contributed by atoms with Crippen molar-refractivity contribution in [3.05, 3.63) is 0 Å². The Morgan fingerprint density at radius 1 is 0.629 bits per heavy atom. The molecule has 0 bridgehead atoms. The van der Waals surface area contributed by atoms with Crippen LogP contribution in [0.3, 0.4) is 0 Å². The summed E-state index contributed by atoms with van der Waals surface area (Å²) in [6.07, 6.45) is -12.3. The summed E-state index contributed by atoms with van der Waals surface area (Å²) in [4.78, 5) is 0. The number of hydrogen-bond donors (Lipinski definition) is 10. The van der Waals surface area contributed by atoms with E-state index in [1.807, 2.05) is 13.8 Å². The van der Waals surface area contributed by atoms with E-state index in [4.69, 9.17) is 14.2 Å². The van der Waals surface area contributed by atoms with Crippen LogP contribution < -0.4 is 10.6 Å². The molecule has 0 aromatic carbocycles. The second kappa shape index (κ2) is 15.0. The van der Waals surface area contributed by atoms with Gasteiger partial charge in [-0.2, -0.15) is 0 Å². The van der Waals surface area contributed by atoms with Crippen molar-refractivity contribution in [1.29, 1.82) is 0 Å².